The number of alkyl halides is 1. The molecule has 2 aromatic rings. The van der Waals surface area contributed by atoms with Gasteiger partial charge >= 0.3 is 0 Å². The van der Waals surface area contributed by atoms with E-state index in [1.54, 1.807) is 6.34 Å². The molecular formula is C17H13IN2. The van der Waals surface area contributed by atoms with E-state index in [2.05, 4.69) is 81.1 Å². The number of nitrogens with zero attached hydrogens (tertiary/aromatic N) is 2. The molecule has 0 N–H and O–H groups in total. The Labute approximate surface area is 131 Å². The van der Waals surface area contributed by atoms with Crippen molar-refractivity contribution in [3.05, 3.63) is 70.8 Å². The fourth-order valence-corrected chi connectivity index (χ4v) is 4.30. The lowest BCUT2D eigenvalue weighted by atomic mass is 9.88. The van der Waals surface area contributed by atoms with E-state index in [-0.39, 0.29) is 12.0 Å². The Bertz CT molecular complexity index is 659. The molecule has 3 atom stereocenters. The van der Waals surface area contributed by atoms with Crippen LogP contribution in [-0.2, 0) is 0 Å². The van der Waals surface area contributed by atoms with Gasteiger partial charge in [0.25, 0.3) is 0 Å². The molecule has 0 bridgehead atoms. The van der Waals surface area contributed by atoms with E-state index < -0.39 is 0 Å². The van der Waals surface area contributed by atoms with Crippen molar-refractivity contribution in [3.8, 4) is 0 Å². The lowest BCUT2D eigenvalue weighted by Gasteiger charge is -2.23. The molecule has 1 aliphatic carbocycles. The van der Waals surface area contributed by atoms with E-state index in [0.717, 1.165) is 0 Å². The summed E-state index contributed by atoms with van der Waals surface area (Å²) in [6.45, 7) is 0. The van der Waals surface area contributed by atoms with Crippen LogP contribution in [0.2, 0.25) is 0 Å². The van der Waals surface area contributed by atoms with Crippen LogP contribution in [0.5, 0.6) is 0 Å². The molecule has 4 rings (SSSR count). The van der Waals surface area contributed by atoms with Crippen molar-refractivity contribution in [2.24, 2.45) is 9.98 Å². The fraction of sp³-hybridized carbons (Fsp3) is 0.176. The smallest absolute Gasteiger partial charge is 0.110 e. The number of fused-ring (bicyclic) bond motifs is 5. The fourth-order valence-electron chi connectivity index (χ4n) is 3.16. The summed E-state index contributed by atoms with van der Waals surface area (Å²) in [7, 11) is 0. The predicted molar refractivity (Wildman–Crippen MR) is 91.2 cm³/mol. The third kappa shape index (κ3) is 1.76. The van der Waals surface area contributed by atoms with Crippen LogP contribution in [0.15, 0.2) is 58.5 Å². The highest BCUT2D eigenvalue weighted by molar-refractivity contribution is 14.1. The van der Waals surface area contributed by atoms with Crippen LogP contribution in [0.1, 0.15) is 38.1 Å². The molecule has 0 amide bonds. The van der Waals surface area contributed by atoms with E-state index in [1.165, 1.54) is 22.3 Å². The first-order chi connectivity index (χ1) is 9.86. The summed E-state index contributed by atoms with van der Waals surface area (Å²) in [6.07, 6.45) is 3.73. The Kier molecular flexibility index (Phi) is 2.95. The summed E-state index contributed by atoms with van der Waals surface area (Å²) >= 11 is 2.54. The van der Waals surface area contributed by atoms with Crippen LogP contribution in [0.4, 0.5) is 0 Å². The Morgan fingerprint density at radius 3 is 2.15 bits per heavy atom. The second-order valence-corrected chi connectivity index (χ2v) is 6.40. The van der Waals surface area contributed by atoms with Gasteiger partial charge in [-0.15, -0.1) is 0 Å². The highest BCUT2D eigenvalue weighted by atomic mass is 127. The van der Waals surface area contributed by atoms with Crippen LogP contribution in [0.25, 0.3) is 0 Å². The summed E-state index contributed by atoms with van der Waals surface area (Å²) in [5.41, 5.74) is 5.45. The number of aliphatic imine (C=N–C) groups is 2. The highest BCUT2D eigenvalue weighted by Gasteiger charge is 2.34. The normalized spacial score (nSPS) is 26.4. The van der Waals surface area contributed by atoms with Gasteiger partial charge in [-0.05, 0) is 22.3 Å². The topological polar surface area (TPSA) is 24.7 Å². The first kappa shape index (κ1) is 12.3. The lowest BCUT2D eigenvalue weighted by molar-refractivity contribution is 0.681. The molecule has 3 unspecified atom stereocenters. The van der Waals surface area contributed by atoms with Gasteiger partial charge in [0.15, 0.2) is 0 Å². The summed E-state index contributed by atoms with van der Waals surface area (Å²) in [6, 6.07) is 17.5. The molecule has 0 saturated heterocycles. The Balaban J connectivity index is 2.03. The standard InChI is InChI=1S/C17H13IN2/c18-16-12-6-2-1-5-11(12)15-9-19-10-20-17(15)14-8-4-3-7-13(14)16/h1-10,15-17H. The van der Waals surface area contributed by atoms with E-state index in [0.29, 0.717) is 3.92 Å². The van der Waals surface area contributed by atoms with Gasteiger partial charge < -0.3 is 0 Å². The molecule has 2 aromatic carbocycles. The Morgan fingerprint density at radius 1 is 0.800 bits per heavy atom. The van der Waals surface area contributed by atoms with Crippen molar-refractivity contribution in [3.63, 3.8) is 0 Å². The maximum Gasteiger partial charge on any atom is 0.110 e. The van der Waals surface area contributed by atoms with Crippen LogP contribution >= 0.6 is 22.6 Å². The third-order valence-electron chi connectivity index (χ3n) is 4.10. The number of rotatable bonds is 0. The van der Waals surface area contributed by atoms with Crippen molar-refractivity contribution < 1.29 is 0 Å². The van der Waals surface area contributed by atoms with Gasteiger partial charge in [-0.2, -0.15) is 0 Å². The molecule has 3 heteroatoms. The molecule has 0 radical (unpaired) electrons. The van der Waals surface area contributed by atoms with Crippen molar-refractivity contribution in [1.29, 1.82) is 0 Å². The zero-order valence-electron chi connectivity index (χ0n) is 10.8. The van der Waals surface area contributed by atoms with Gasteiger partial charge in [0.1, 0.15) is 6.34 Å². The average molecular weight is 372 g/mol. The van der Waals surface area contributed by atoms with Crippen molar-refractivity contribution in [2.45, 2.75) is 15.9 Å². The van der Waals surface area contributed by atoms with Gasteiger partial charge in [0.2, 0.25) is 0 Å². The number of hydrogen-bond donors (Lipinski definition) is 0. The molecule has 2 aliphatic rings. The maximum absolute atomic E-state index is 4.66. The third-order valence-corrected chi connectivity index (χ3v) is 5.44. The average Bonchev–Trinajstić information content (AvgIpc) is 2.64. The number of benzene rings is 2. The zero-order valence-corrected chi connectivity index (χ0v) is 12.9. The maximum atomic E-state index is 4.66. The van der Waals surface area contributed by atoms with Gasteiger partial charge in [-0.1, -0.05) is 71.1 Å². The monoisotopic (exact) mass is 372 g/mol. The summed E-state index contributed by atoms with van der Waals surface area (Å²) < 4.78 is 0.370. The molecule has 0 spiro atoms. The molecule has 0 saturated carbocycles. The molecule has 1 heterocycles. The van der Waals surface area contributed by atoms with Gasteiger partial charge in [-0.25, -0.2) is 4.99 Å². The molecule has 2 nitrogen and oxygen atoms in total. The first-order valence-corrected chi connectivity index (χ1v) is 7.97. The largest absolute Gasteiger partial charge is 0.264 e. The lowest BCUT2D eigenvalue weighted by Crippen LogP contribution is -2.14. The highest BCUT2D eigenvalue weighted by Crippen LogP contribution is 2.48. The second kappa shape index (κ2) is 4.81. The molecular weight excluding hydrogens is 359 g/mol. The van der Waals surface area contributed by atoms with Crippen molar-refractivity contribution in [1.82, 2.24) is 0 Å². The summed E-state index contributed by atoms with van der Waals surface area (Å²) in [5, 5.41) is 0. The van der Waals surface area contributed by atoms with Crippen molar-refractivity contribution in [2.75, 3.05) is 0 Å². The SMILES string of the molecule is IC1c2ccccc2C2C=NC=NC2c2ccccc21. The molecule has 0 aromatic heterocycles. The van der Waals surface area contributed by atoms with Gasteiger partial charge in [0.05, 0.1) is 9.97 Å². The second-order valence-electron chi connectivity index (χ2n) is 5.15. The van der Waals surface area contributed by atoms with Gasteiger partial charge in [0, 0.05) is 12.1 Å². The van der Waals surface area contributed by atoms with Crippen LogP contribution in [0.3, 0.4) is 0 Å². The number of hydrogen-bond acceptors (Lipinski definition) is 2. The molecule has 0 fully saturated rings. The summed E-state index contributed by atoms with van der Waals surface area (Å²) in [4.78, 5) is 8.94. The Morgan fingerprint density at radius 2 is 1.40 bits per heavy atom. The van der Waals surface area contributed by atoms with Gasteiger partial charge in [-0.3, -0.25) is 4.99 Å². The molecule has 98 valence electrons. The molecule has 1 aliphatic heterocycles. The van der Waals surface area contributed by atoms with Crippen LogP contribution < -0.4 is 0 Å². The summed E-state index contributed by atoms with van der Waals surface area (Å²) in [5.74, 6) is 0.247. The van der Waals surface area contributed by atoms with E-state index in [9.17, 15) is 0 Å². The van der Waals surface area contributed by atoms with Crippen LogP contribution in [0, 0.1) is 0 Å². The van der Waals surface area contributed by atoms with E-state index in [1.807, 2.05) is 6.21 Å². The number of halogens is 1. The Hall–Kier alpha value is -1.49. The predicted octanol–water partition coefficient (Wildman–Crippen LogP) is 4.46. The molecule has 20 heavy (non-hydrogen) atoms. The quantitative estimate of drug-likeness (QED) is 0.482. The minimum atomic E-state index is 0.157. The zero-order chi connectivity index (χ0) is 13.5. The minimum absolute atomic E-state index is 0.157. The first-order valence-electron chi connectivity index (χ1n) is 6.73. The van der Waals surface area contributed by atoms with Crippen LogP contribution in [-0.4, -0.2) is 12.6 Å². The van der Waals surface area contributed by atoms with E-state index in [4.69, 9.17) is 0 Å². The van der Waals surface area contributed by atoms with E-state index >= 15 is 0 Å². The van der Waals surface area contributed by atoms with Crippen molar-refractivity contribution >= 4 is 35.1 Å². The minimum Gasteiger partial charge on any atom is -0.264 e.